The fraction of sp³-hybridized carbons (Fsp3) is 0.240. The van der Waals surface area contributed by atoms with E-state index in [4.69, 9.17) is 9.47 Å². The Bertz CT molecular complexity index is 967. The van der Waals surface area contributed by atoms with Crippen molar-refractivity contribution in [1.29, 1.82) is 0 Å². The molecule has 0 saturated carbocycles. The Balaban J connectivity index is 1.74. The van der Waals surface area contributed by atoms with Crippen molar-refractivity contribution in [2.75, 3.05) is 12.4 Å². The Hall–Kier alpha value is -3.11. The van der Waals surface area contributed by atoms with Crippen LogP contribution >= 0.6 is 0 Å². The number of para-hydroxylation sites is 1. The largest absolute Gasteiger partial charge is 0.496 e. The van der Waals surface area contributed by atoms with Crippen LogP contribution in [0, 0.1) is 6.92 Å². The van der Waals surface area contributed by atoms with Gasteiger partial charge in [0.05, 0.1) is 20.3 Å². The number of hydrogen-bond acceptors (Lipinski definition) is 3. The van der Waals surface area contributed by atoms with Crippen molar-refractivity contribution in [3.63, 3.8) is 0 Å². The minimum absolute atomic E-state index is 0.138. The van der Waals surface area contributed by atoms with Crippen LogP contribution in [0.1, 0.15) is 39.5 Å². The zero-order chi connectivity index (χ0) is 20.6. The molecule has 0 aliphatic carbocycles. The van der Waals surface area contributed by atoms with Crippen molar-refractivity contribution in [1.82, 2.24) is 0 Å². The molecule has 0 bridgehead atoms. The first-order chi connectivity index (χ1) is 14.1. The molecular formula is C25H27NO3. The lowest BCUT2D eigenvalue weighted by molar-refractivity contribution is 0.102. The molecule has 4 nitrogen and oxygen atoms in total. The zero-order valence-corrected chi connectivity index (χ0v) is 17.2. The van der Waals surface area contributed by atoms with Crippen LogP contribution in [0.4, 0.5) is 5.69 Å². The van der Waals surface area contributed by atoms with Gasteiger partial charge >= 0.3 is 0 Å². The number of carbonyl (C=O) groups is 1. The van der Waals surface area contributed by atoms with Crippen LogP contribution in [0.25, 0.3) is 0 Å². The van der Waals surface area contributed by atoms with Crippen LogP contribution in [0.15, 0.2) is 66.7 Å². The highest BCUT2D eigenvalue weighted by Gasteiger charge is 2.13. The summed E-state index contributed by atoms with van der Waals surface area (Å²) in [6.45, 7) is 4.96. The summed E-state index contributed by atoms with van der Waals surface area (Å²) < 4.78 is 11.3. The second-order valence-corrected chi connectivity index (χ2v) is 6.92. The van der Waals surface area contributed by atoms with Crippen LogP contribution in [-0.2, 0) is 24.4 Å². The van der Waals surface area contributed by atoms with Crippen molar-refractivity contribution in [3.8, 4) is 5.75 Å². The van der Waals surface area contributed by atoms with Gasteiger partial charge in [-0.1, -0.05) is 55.5 Å². The molecule has 0 radical (unpaired) electrons. The topological polar surface area (TPSA) is 47.6 Å². The van der Waals surface area contributed by atoms with Gasteiger partial charge in [0.1, 0.15) is 5.75 Å². The lowest BCUT2D eigenvalue weighted by Gasteiger charge is -2.15. The number of nitrogens with one attached hydrogen (secondary N) is 1. The van der Waals surface area contributed by atoms with Gasteiger partial charge in [0.15, 0.2) is 0 Å². The highest BCUT2D eigenvalue weighted by atomic mass is 16.5. The maximum absolute atomic E-state index is 12.9. The third kappa shape index (κ3) is 5.24. The minimum Gasteiger partial charge on any atom is -0.496 e. The normalized spacial score (nSPS) is 10.6. The standard InChI is InChI=1S/C25H27NO3/c1-4-20-12-8-9-18(2)24(20)26-25(27)21-13-14-23(28-3)22(15-21)17-29-16-19-10-6-5-7-11-19/h5-15H,4,16-17H2,1-3H3,(H,26,27). The fourth-order valence-electron chi connectivity index (χ4n) is 3.27. The summed E-state index contributed by atoms with van der Waals surface area (Å²) in [7, 11) is 1.62. The van der Waals surface area contributed by atoms with Gasteiger partial charge < -0.3 is 14.8 Å². The van der Waals surface area contributed by atoms with Crippen molar-refractivity contribution in [3.05, 3.63) is 94.5 Å². The van der Waals surface area contributed by atoms with Crippen molar-refractivity contribution < 1.29 is 14.3 Å². The first-order valence-corrected chi connectivity index (χ1v) is 9.80. The summed E-state index contributed by atoms with van der Waals surface area (Å²) in [4.78, 5) is 12.9. The highest BCUT2D eigenvalue weighted by molar-refractivity contribution is 6.05. The van der Waals surface area contributed by atoms with Crippen molar-refractivity contribution in [2.24, 2.45) is 0 Å². The van der Waals surface area contributed by atoms with E-state index in [2.05, 4.69) is 12.2 Å². The monoisotopic (exact) mass is 389 g/mol. The van der Waals surface area contributed by atoms with Gasteiger partial charge in [-0.3, -0.25) is 4.79 Å². The molecule has 1 N–H and O–H groups in total. The molecule has 0 fully saturated rings. The Labute approximate surface area is 172 Å². The summed E-state index contributed by atoms with van der Waals surface area (Å²) in [5.74, 6) is 0.570. The third-order valence-corrected chi connectivity index (χ3v) is 4.89. The molecular weight excluding hydrogens is 362 g/mol. The van der Waals surface area contributed by atoms with E-state index in [0.29, 0.717) is 24.5 Å². The number of carbonyl (C=O) groups excluding carboxylic acids is 1. The molecule has 0 unspecified atom stereocenters. The van der Waals surface area contributed by atoms with E-state index in [0.717, 1.165) is 34.4 Å². The molecule has 150 valence electrons. The van der Waals surface area contributed by atoms with Gasteiger partial charge in [0.2, 0.25) is 0 Å². The molecule has 0 spiro atoms. The van der Waals surface area contributed by atoms with E-state index in [1.807, 2.05) is 67.6 Å². The summed E-state index contributed by atoms with van der Waals surface area (Å²) in [5, 5.41) is 3.07. The van der Waals surface area contributed by atoms with E-state index in [-0.39, 0.29) is 5.91 Å². The van der Waals surface area contributed by atoms with Gasteiger partial charge in [-0.15, -0.1) is 0 Å². The van der Waals surface area contributed by atoms with Gasteiger partial charge in [0.25, 0.3) is 5.91 Å². The van der Waals surface area contributed by atoms with Crippen LogP contribution in [0.5, 0.6) is 5.75 Å². The smallest absolute Gasteiger partial charge is 0.255 e. The lowest BCUT2D eigenvalue weighted by Crippen LogP contribution is -2.15. The van der Waals surface area contributed by atoms with Gasteiger partial charge in [-0.25, -0.2) is 0 Å². The molecule has 1 amide bonds. The van der Waals surface area contributed by atoms with Crippen molar-refractivity contribution in [2.45, 2.75) is 33.5 Å². The quantitative estimate of drug-likeness (QED) is 0.551. The van der Waals surface area contributed by atoms with Gasteiger partial charge in [-0.2, -0.15) is 0 Å². The zero-order valence-electron chi connectivity index (χ0n) is 17.2. The van der Waals surface area contributed by atoms with E-state index in [1.54, 1.807) is 13.2 Å². The molecule has 4 heteroatoms. The second kappa shape index (κ2) is 9.89. The Morgan fingerprint density at radius 1 is 0.931 bits per heavy atom. The lowest BCUT2D eigenvalue weighted by atomic mass is 10.0. The minimum atomic E-state index is -0.138. The fourth-order valence-corrected chi connectivity index (χ4v) is 3.27. The maximum Gasteiger partial charge on any atom is 0.255 e. The van der Waals surface area contributed by atoms with Crippen molar-refractivity contribution >= 4 is 11.6 Å². The number of benzene rings is 3. The van der Waals surface area contributed by atoms with E-state index >= 15 is 0 Å². The first-order valence-electron chi connectivity index (χ1n) is 9.80. The van der Waals surface area contributed by atoms with E-state index < -0.39 is 0 Å². The number of aryl methyl sites for hydroxylation is 2. The summed E-state index contributed by atoms with van der Waals surface area (Å²) in [6, 6.07) is 21.5. The van der Waals surface area contributed by atoms with Crippen LogP contribution < -0.4 is 10.1 Å². The molecule has 3 rings (SSSR count). The predicted molar refractivity (Wildman–Crippen MR) is 116 cm³/mol. The number of rotatable bonds is 8. The summed E-state index contributed by atoms with van der Waals surface area (Å²) >= 11 is 0. The van der Waals surface area contributed by atoms with Gasteiger partial charge in [0, 0.05) is 16.8 Å². The van der Waals surface area contributed by atoms with Gasteiger partial charge in [-0.05, 0) is 48.2 Å². The molecule has 29 heavy (non-hydrogen) atoms. The third-order valence-electron chi connectivity index (χ3n) is 4.89. The maximum atomic E-state index is 12.9. The molecule has 0 aromatic heterocycles. The number of anilines is 1. The molecule has 0 aliphatic heterocycles. The average Bonchev–Trinajstić information content (AvgIpc) is 2.75. The Morgan fingerprint density at radius 3 is 2.45 bits per heavy atom. The first kappa shape index (κ1) is 20.6. The number of methoxy groups -OCH3 is 1. The Morgan fingerprint density at radius 2 is 1.72 bits per heavy atom. The SMILES string of the molecule is CCc1cccc(C)c1NC(=O)c1ccc(OC)c(COCc2ccccc2)c1. The summed E-state index contributed by atoms with van der Waals surface area (Å²) in [5.41, 5.74) is 5.59. The molecule has 3 aromatic carbocycles. The van der Waals surface area contributed by atoms with Crippen LogP contribution in [-0.4, -0.2) is 13.0 Å². The van der Waals surface area contributed by atoms with E-state index in [1.165, 1.54) is 0 Å². The number of hydrogen-bond donors (Lipinski definition) is 1. The second-order valence-electron chi connectivity index (χ2n) is 6.92. The molecule has 0 atom stereocenters. The highest BCUT2D eigenvalue weighted by Crippen LogP contribution is 2.25. The van der Waals surface area contributed by atoms with Crippen LogP contribution in [0.2, 0.25) is 0 Å². The number of amides is 1. The number of ether oxygens (including phenoxy) is 2. The van der Waals surface area contributed by atoms with E-state index in [9.17, 15) is 4.79 Å². The molecule has 0 aliphatic rings. The molecule has 0 heterocycles. The summed E-state index contributed by atoms with van der Waals surface area (Å²) in [6.07, 6.45) is 0.860. The van der Waals surface area contributed by atoms with Crippen LogP contribution in [0.3, 0.4) is 0 Å². The average molecular weight is 389 g/mol. The molecule has 3 aromatic rings. The molecule has 0 saturated heterocycles. The Kier molecular flexibility index (Phi) is 7.04. The predicted octanol–water partition coefficient (Wildman–Crippen LogP) is 5.54.